The Bertz CT molecular complexity index is 480. The van der Waals surface area contributed by atoms with E-state index < -0.39 is 0 Å². The van der Waals surface area contributed by atoms with Crippen molar-refractivity contribution in [3.05, 3.63) is 66.6 Å². The molecular formula is C15H16NO. The summed E-state index contributed by atoms with van der Waals surface area (Å²) in [5.41, 5.74) is 9.14. The smallest absolute Gasteiger partial charge is 0.121 e. The van der Waals surface area contributed by atoms with E-state index in [1.54, 1.807) is 0 Å². The third kappa shape index (κ3) is 3.00. The Hall–Kier alpha value is -1.96. The number of anilines is 1. The summed E-state index contributed by atoms with van der Waals surface area (Å²) >= 11 is 0. The lowest BCUT2D eigenvalue weighted by Gasteiger charge is -2.09. The second-order valence-corrected chi connectivity index (χ2v) is 3.87. The van der Waals surface area contributed by atoms with Crippen LogP contribution in [-0.4, -0.2) is 6.61 Å². The maximum Gasteiger partial charge on any atom is 0.121 e. The van der Waals surface area contributed by atoms with Gasteiger partial charge < -0.3 is 10.5 Å². The largest absolute Gasteiger partial charge is 0.494 e. The van der Waals surface area contributed by atoms with Crippen molar-refractivity contribution in [2.24, 2.45) is 0 Å². The number of ether oxygens (including phenoxy) is 1. The Kier molecular flexibility index (Phi) is 3.66. The second-order valence-electron chi connectivity index (χ2n) is 3.87. The van der Waals surface area contributed by atoms with Gasteiger partial charge >= 0.3 is 0 Å². The van der Waals surface area contributed by atoms with Gasteiger partial charge in [0.05, 0.1) is 6.61 Å². The average molecular weight is 226 g/mol. The van der Waals surface area contributed by atoms with Gasteiger partial charge in [-0.1, -0.05) is 36.4 Å². The lowest BCUT2D eigenvalue weighted by atomic mass is 10.0. The highest BCUT2D eigenvalue weighted by Gasteiger charge is 2.02. The van der Waals surface area contributed by atoms with E-state index >= 15 is 0 Å². The molecule has 17 heavy (non-hydrogen) atoms. The monoisotopic (exact) mass is 226 g/mol. The fraction of sp³-hybridized carbons (Fsp3) is 0.133. The predicted molar refractivity (Wildman–Crippen MR) is 71.0 cm³/mol. The molecule has 87 valence electrons. The van der Waals surface area contributed by atoms with Crippen molar-refractivity contribution in [1.82, 2.24) is 0 Å². The molecule has 0 aliphatic carbocycles. The highest BCUT2D eigenvalue weighted by atomic mass is 16.5. The lowest BCUT2D eigenvalue weighted by molar-refractivity contribution is 0.361. The van der Waals surface area contributed by atoms with Crippen LogP contribution >= 0.6 is 0 Å². The summed E-state index contributed by atoms with van der Waals surface area (Å²) < 4.78 is 5.30. The molecule has 2 N–H and O–H groups in total. The molecule has 2 aromatic rings. The van der Waals surface area contributed by atoms with Crippen LogP contribution in [0.4, 0.5) is 5.69 Å². The van der Waals surface area contributed by atoms with Crippen LogP contribution in [0.2, 0.25) is 0 Å². The van der Waals surface area contributed by atoms with Crippen LogP contribution in [0.1, 0.15) is 11.1 Å². The molecule has 2 nitrogen and oxygen atoms in total. The number of rotatable bonds is 4. The van der Waals surface area contributed by atoms with Gasteiger partial charge in [-0.15, -0.1) is 0 Å². The molecule has 1 radical (unpaired) electrons. The normalized spacial score (nSPS) is 10.2. The molecule has 0 saturated carbocycles. The maximum atomic E-state index is 6.00. The van der Waals surface area contributed by atoms with E-state index in [2.05, 4.69) is 19.1 Å². The zero-order chi connectivity index (χ0) is 12.1. The van der Waals surface area contributed by atoms with Crippen molar-refractivity contribution in [2.75, 3.05) is 12.3 Å². The number of nitrogen functional groups attached to an aromatic ring is 1. The molecule has 0 aliphatic heterocycles. The van der Waals surface area contributed by atoms with Gasteiger partial charge in [-0.3, -0.25) is 0 Å². The summed E-state index contributed by atoms with van der Waals surface area (Å²) in [6.07, 6.45) is 0.845. The lowest BCUT2D eigenvalue weighted by Crippen LogP contribution is -1.98. The van der Waals surface area contributed by atoms with E-state index in [1.165, 1.54) is 5.56 Å². The molecule has 0 amide bonds. The third-order valence-corrected chi connectivity index (χ3v) is 2.62. The molecule has 0 fully saturated rings. The van der Waals surface area contributed by atoms with Crippen LogP contribution in [0.5, 0.6) is 5.75 Å². The van der Waals surface area contributed by atoms with Crippen LogP contribution in [0.25, 0.3) is 0 Å². The van der Waals surface area contributed by atoms with E-state index in [-0.39, 0.29) is 0 Å². The van der Waals surface area contributed by atoms with Crippen LogP contribution in [0.3, 0.4) is 0 Å². The Balaban J connectivity index is 2.17. The maximum absolute atomic E-state index is 6.00. The Morgan fingerprint density at radius 2 is 1.82 bits per heavy atom. The molecule has 2 aromatic carbocycles. The molecule has 0 spiro atoms. The molecule has 2 rings (SSSR count). The molecule has 0 atom stereocenters. The highest BCUT2D eigenvalue weighted by Crippen LogP contribution is 2.22. The minimum absolute atomic E-state index is 0.414. The summed E-state index contributed by atoms with van der Waals surface area (Å²) in [5.74, 6) is 0.773. The first-order valence-electron chi connectivity index (χ1n) is 5.64. The van der Waals surface area contributed by atoms with Gasteiger partial charge in [0.15, 0.2) is 0 Å². The van der Waals surface area contributed by atoms with Crippen LogP contribution < -0.4 is 10.5 Å². The Labute approximate surface area is 102 Å². The minimum atomic E-state index is 0.414. The molecule has 0 unspecified atom stereocenters. The van der Waals surface area contributed by atoms with Crippen molar-refractivity contribution in [1.29, 1.82) is 0 Å². The van der Waals surface area contributed by atoms with Crippen LogP contribution in [0, 0.1) is 6.92 Å². The summed E-state index contributed by atoms with van der Waals surface area (Å²) in [5, 5.41) is 0. The van der Waals surface area contributed by atoms with Crippen molar-refractivity contribution in [2.45, 2.75) is 6.42 Å². The zero-order valence-electron chi connectivity index (χ0n) is 9.73. The first-order chi connectivity index (χ1) is 8.29. The summed E-state index contributed by atoms with van der Waals surface area (Å²) in [7, 11) is 0. The number of hydrogen-bond acceptors (Lipinski definition) is 2. The second kappa shape index (κ2) is 5.39. The average Bonchev–Trinajstić information content (AvgIpc) is 2.34. The molecule has 0 aromatic heterocycles. The summed E-state index contributed by atoms with van der Waals surface area (Å²) in [6, 6.07) is 16.1. The molecule has 2 heteroatoms. The minimum Gasteiger partial charge on any atom is -0.494 e. The summed E-state index contributed by atoms with van der Waals surface area (Å²) in [4.78, 5) is 0. The summed E-state index contributed by atoms with van der Waals surface area (Å²) in [6.45, 7) is 4.05. The van der Waals surface area contributed by atoms with Gasteiger partial charge in [-0.05, 0) is 30.5 Å². The van der Waals surface area contributed by atoms with E-state index in [1.807, 2.05) is 36.4 Å². The topological polar surface area (TPSA) is 35.2 Å². The fourth-order valence-corrected chi connectivity index (χ4v) is 1.76. The van der Waals surface area contributed by atoms with E-state index in [0.717, 1.165) is 23.4 Å². The van der Waals surface area contributed by atoms with Gasteiger partial charge in [0.1, 0.15) is 5.75 Å². The standard InChI is InChI=1S/C15H16NO/c1-2-17-14-9-8-13(15(16)11-14)10-12-6-4-3-5-7-12/h3-9,11H,1-2,10,16H2. The highest BCUT2D eigenvalue weighted by molar-refractivity contribution is 5.53. The van der Waals surface area contributed by atoms with Gasteiger partial charge in [-0.25, -0.2) is 0 Å². The van der Waals surface area contributed by atoms with Crippen molar-refractivity contribution >= 4 is 5.69 Å². The molecule has 0 saturated heterocycles. The van der Waals surface area contributed by atoms with Gasteiger partial charge in [0.2, 0.25) is 0 Å². The first-order valence-corrected chi connectivity index (χ1v) is 5.64. The van der Waals surface area contributed by atoms with Crippen LogP contribution in [-0.2, 0) is 6.42 Å². The van der Waals surface area contributed by atoms with Gasteiger partial charge in [-0.2, -0.15) is 0 Å². The predicted octanol–water partition coefficient (Wildman–Crippen LogP) is 3.07. The molecule has 0 bridgehead atoms. The van der Waals surface area contributed by atoms with Crippen molar-refractivity contribution in [3.63, 3.8) is 0 Å². The van der Waals surface area contributed by atoms with E-state index in [0.29, 0.717) is 6.61 Å². The number of hydrogen-bond donors (Lipinski definition) is 1. The molecule has 0 heterocycles. The van der Waals surface area contributed by atoms with E-state index in [9.17, 15) is 0 Å². The number of benzene rings is 2. The third-order valence-electron chi connectivity index (χ3n) is 2.62. The van der Waals surface area contributed by atoms with Gasteiger partial charge in [0.25, 0.3) is 0 Å². The van der Waals surface area contributed by atoms with Crippen molar-refractivity contribution < 1.29 is 4.74 Å². The SMILES string of the molecule is [CH2]COc1ccc(Cc2ccccc2)c(N)c1. The first kappa shape index (κ1) is 11.5. The Morgan fingerprint density at radius 1 is 1.06 bits per heavy atom. The zero-order valence-corrected chi connectivity index (χ0v) is 9.73. The molecular weight excluding hydrogens is 210 g/mol. The van der Waals surface area contributed by atoms with Crippen LogP contribution in [0.15, 0.2) is 48.5 Å². The fourth-order valence-electron chi connectivity index (χ4n) is 1.76. The van der Waals surface area contributed by atoms with E-state index in [4.69, 9.17) is 10.5 Å². The Morgan fingerprint density at radius 3 is 2.47 bits per heavy atom. The van der Waals surface area contributed by atoms with Crippen molar-refractivity contribution in [3.8, 4) is 5.75 Å². The van der Waals surface area contributed by atoms with Gasteiger partial charge in [0, 0.05) is 11.8 Å². The molecule has 0 aliphatic rings. The number of nitrogens with two attached hydrogens (primary N) is 1. The quantitative estimate of drug-likeness (QED) is 0.813.